The van der Waals surface area contributed by atoms with E-state index < -0.39 is 17.8 Å². The summed E-state index contributed by atoms with van der Waals surface area (Å²) in [4.78, 5) is 34.2. The van der Waals surface area contributed by atoms with Crippen LogP contribution < -0.4 is 10.6 Å². The predicted octanol–water partition coefficient (Wildman–Crippen LogP) is 1.88. The third kappa shape index (κ3) is 2.42. The number of anilines is 1. The molecule has 1 aliphatic heterocycles. The van der Waals surface area contributed by atoms with Crippen molar-refractivity contribution in [1.82, 2.24) is 5.32 Å². The van der Waals surface area contributed by atoms with Crippen molar-refractivity contribution in [3.05, 3.63) is 64.7 Å². The van der Waals surface area contributed by atoms with E-state index in [2.05, 4.69) is 10.6 Å². The van der Waals surface area contributed by atoms with E-state index >= 15 is 0 Å². The molecule has 0 fully saturated rings. The third-order valence-electron chi connectivity index (χ3n) is 3.47. The second-order valence-corrected chi connectivity index (χ2v) is 4.86. The van der Waals surface area contributed by atoms with Crippen molar-refractivity contribution in [2.24, 2.45) is 0 Å². The van der Waals surface area contributed by atoms with E-state index in [9.17, 15) is 14.4 Å². The van der Waals surface area contributed by atoms with Crippen LogP contribution in [0.2, 0.25) is 0 Å². The van der Waals surface area contributed by atoms with Gasteiger partial charge in [-0.15, -0.1) is 0 Å². The summed E-state index contributed by atoms with van der Waals surface area (Å²) in [6.07, 6.45) is 0. The van der Waals surface area contributed by atoms with Crippen molar-refractivity contribution in [3.63, 3.8) is 0 Å². The maximum absolute atomic E-state index is 11.6. The monoisotopic (exact) mass is 296 g/mol. The molecule has 0 radical (unpaired) electrons. The van der Waals surface area contributed by atoms with Crippen LogP contribution in [0.4, 0.5) is 5.69 Å². The average Bonchev–Trinajstić information content (AvgIpc) is 2.80. The minimum absolute atomic E-state index is 0.226. The van der Waals surface area contributed by atoms with Gasteiger partial charge in [-0.1, -0.05) is 18.2 Å². The summed E-state index contributed by atoms with van der Waals surface area (Å²) in [6, 6.07) is 11.5. The molecule has 0 unspecified atom stereocenters. The Labute approximate surface area is 125 Å². The lowest BCUT2D eigenvalue weighted by Gasteiger charge is -2.09. The second kappa shape index (κ2) is 5.33. The molecule has 0 spiro atoms. The maximum Gasteiger partial charge on any atom is 0.336 e. The number of rotatable bonds is 4. The number of carbonyl (C=O) groups excluding carboxylic acids is 2. The quantitative estimate of drug-likeness (QED) is 0.749. The van der Waals surface area contributed by atoms with Gasteiger partial charge in [-0.2, -0.15) is 0 Å². The molecular formula is C16H12N2O4. The number of imide groups is 1. The molecule has 0 aliphatic carbocycles. The first-order chi connectivity index (χ1) is 10.6. The van der Waals surface area contributed by atoms with Gasteiger partial charge in [0.05, 0.1) is 16.7 Å². The van der Waals surface area contributed by atoms with Gasteiger partial charge in [0.15, 0.2) is 0 Å². The Bertz CT molecular complexity index is 798. The third-order valence-corrected chi connectivity index (χ3v) is 3.47. The van der Waals surface area contributed by atoms with E-state index in [1.165, 1.54) is 6.07 Å². The lowest BCUT2D eigenvalue weighted by Crippen LogP contribution is -2.19. The van der Waals surface area contributed by atoms with E-state index in [0.717, 1.165) is 0 Å². The van der Waals surface area contributed by atoms with Crippen molar-refractivity contribution < 1.29 is 19.5 Å². The van der Waals surface area contributed by atoms with Crippen LogP contribution in [0, 0.1) is 0 Å². The number of fused-ring (bicyclic) bond motifs is 1. The molecule has 0 bridgehead atoms. The van der Waals surface area contributed by atoms with Gasteiger partial charge in [0.25, 0.3) is 11.8 Å². The summed E-state index contributed by atoms with van der Waals surface area (Å²) in [6.45, 7) is 0.302. The van der Waals surface area contributed by atoms with E-state index in [-0.39, 0.29) is 5.56 Å². The molecule has 22 heavy (non-hydrogen) atoms. The van der Waals surface area contributed by atoms with Crippen LogP contribution in [-0.2, 0) is 6.54 Å². The first kappa shape index (κ1) is 13.8. The van der Waals surface area contributed by atoms with Gasteiger partial charge in [0, 0.05) is 12.2 Å². The van der Waals surface area contributed by atoms with Crippen LogP contribution in [0.3, 0.4) is 0 Å². The van der Waals surface area contributed by atoms with E-state index in [1.54, 1.807) is 36.4 Å². The van der Waals surface area contributed by atoms with Crippen LogP contribution >= 0.6 is 0 Å². The first-order valence-electron chi connectivity index (χ1n) is 6.61. The maximum atomic E-state index is 11.6. The topological polar surface area (TPSA) is 95.5 Å². The standard InChI is InChI=1S/C16H12N2O4/c19-14-12-6-5-10(7-13(12)15(20)18-14)17-8-9-3-1-2-4-11(9)16(21)22/h1-7,17H,8H2,(H,21,22)(H,18,19,20). The van der Waals surface area contributed by atoms with Crippen LogP contribution in [0.25, 0.3) is 0 Å². The van der Waals surface area contributed by atoms with Gasteiger partial charge < -0.3 is 10.4 Å². The van der Waals surface area contributed by atoms with Crippen LogP contribution in [0.1, 0.15) is 36.6 Å². The summed E-state index contributed by atoms with van der Waals surface area (Å²) >= 11 is 0. The summed E-state index contributed by atoms with van der Waals surface area (Å²) < 4.78 is 0. The Morgan fingerprint density at radius 3 is 2.55 bits per heavy atom. The molecule has 1 heterocycles. The Morgan fingerprint density at radius 2 is 1.77 bits per heavy atom. The minimum Gasteiger partial charge on any atom is -0.478 e. The number of aromatic carboxylic acids is 1. The number of hydrogen-bond donors (Lipinski definition) is 3. The number of hydrogen-bond acceptors (Lipinski definition) is 4. The molecule has 0 saturated carbocycles. The van der Waals surface area contributed by atoms with Crippen molar-refractivity contribution in [2.75, 3.05) is 5.32 Å². The Hall–Kier alpha value is -3.15. The molecule has 0 saturated heterocycles. The Balaban J connectivity index is 1.81. The molecule has 6 heteroatoms. The van der Waals surface area contributed by atoms with Crippen LogP contribution in [0.5, 0.6) is 0 Å². The van der Waals surface area contributed by atoms with Gasteiger partial charge in [-0.05, 0) is 29.8 Å². The van der Waals surface area contributed by atoms with E-state index in [1.807, 2.05) is 0 Å². The predicted molar refractivity (Wildman–Crippen MR) is 79.0 cm³/mol. The summed E-state index contributed by atoms with van der Waals surface area (Å²) in [5, 5.41) is 14.4. The second-order valence-electron chi connectivity index (χ2n) is 4.86. The van der Waals surface area contributed by atoms with Gasteiger partial charge in [-0.3, -0.25) is 14.9 Å². The summed E-state index contributed by atoms with van der Waals surface area (Å²) in [5.74, 6) is -1.81. The fraction of sp³-hybridized carbons (Fsp3) is 0.0625. The number of benzene rings is 2. The Kier molecular flexibility index (Phi) is 3.34. The fourth-order valence-electron chi connectivity index (χ4n) is 2.36. The molecule has 6 nitrogen and oxygen atoms in total. The highest BCUT2D eigenvalue weighted by atomic mass is 16.4. The van der Waals surface area contributed by atoms with Gasteiger partial charge >= 0.3 is 5.97 Å². The zero-order valence-electron chi connectivity index (χ0n) is 11.4. The number of carboxylic acids is 1. The van der Waals surface area contributed by atoms with Crippen molar-refractivity contribution >= 4 is 23.5 Å². The smallest absolute Gasteiger partial charge is 0.336 e. The van der Waals surface area contributed by atoms with E-state index in [0.29, 0.717) is 28.9 Å². The molecule has 3 N–H and O–H groups in total. The molecule has 2 amide bonds. The fourth-order valence-corrected chi connectivity index (χ4v) is 2.36. The number of carbonyl (C=O) groups is 3. The zero-order chi connectivity index (χ0) is 15.7. The highest BCUT2D eigenvalue weighted by Gasteiger charge is 2.26. The van der Waals surface area contributed by atoms with Crippen molar-refractivity contribution in [2.45, 2.75) is 6.54 Å². The first-order valence-corrected chi connectivity index (χ1v) is 6.61. The average molecular weight is 296 g/mol. The molecule has 110 valence electrons. The highest BCUT2D eigenvalue weighted by molar-refractivity contribution is 6.21. The minimum atomic E-state index is -0.990. The molecule has 0 aromatic heterocycles. The normalized spacial score (nSPS) is 12.7. The van der Waals surface area contributed by atoms with Crippen LogP contribution in [0.15, 0.2) is 42.5 Å². The van der Waals surface area contributed by atoms with Crippen LogP contribution in [-0.4, -0.2) is 22.9 Å². The largest absolute Gasteiger partial charge is 0.478 e. The van der Waals surface area contributed by atoms with Crippen molar-refractivity contribution in [3.8, 4) is 0 Å². The highest BCUT2D eigenvalue weighted by Crippen LogP contribution is 2.21. The molecule has 3 rings (SSSR count). The Morgan fingerprint density at radius 1 is 1.05 bits per heavy atom. The van der Waals surface area contributed by atoms with Gasteiger partial charge in [0.2, 0.25) is 0 Å². The molecular weight excluding hydrogens is 284 g/mol. The molecule has 2 aromatic rings. The van der Waals surface area contributed by atoms with Crippen molar-refractivity contribution in [1.29, 1.82) is 0 Å². The number of carboxylic acid groups (broad SMARTS) is 1. The summed E-state index contributed by atoms with van der Waals surface area (Å²) in [7, 11) is 0. The molecule has 1 aliphatic rings. The number of nitrogens with one attached hydrogen (secondary N) is 2. The lowest BCUT2D eigenvalue weighted by molar-refractivity contribution is 0.0695. The number of amides is 2. The molecule has 2 aromatic carbocycles. The lowest BCUT2D eigenvalue weighted by atomic mass is 10.1. The summed E-state index contributed by atoms with van der Waals surface area (Å²) in [5.41, 5.74) is 2.17. The zero-order valence-corrected chi connectivity index (χ0v) is 11.4. The van der Waals surface area contributed by atoms with Gasteiger partial charge in [-0.25, -0.2) is 4.79 Å². The van der Waals surface area contributed by atoms with Gasteiger partial charge in [0.1, 0.15) is 0 Å². The molecule has 0 atom stereocenters. The van der Waals surface area contributed by atoms with E-state index in [4.69, 9.17) is 5.11 Å². The SMILES string of the molecule is O=C(O)c1ccccc1CNc1ccc2c(c1)C(=O)NC2=O.